The van der Waals surface area contributed by atoms with E-state index in [0.717, 1.165) is 6.04 Å². The third-order valence-corrected chi connectivity index (χ3v) is 9.94. The molecule has 0 atom stereocenters. The third-order valence-electron chi connectivity index (χ3n) is 4.69. The van der Waals surface area contributed by atoms with Crippen LogP contribution in [-0.4, -0.2) is 18.3 Å². The Labute approximate surface area is 166 Å². The van der Waals surface area contributed by atoms with Crippen LogP contribution in [0.2, 0.25) is 19.1 Å². The van der Waals surface area contributed by atoms with Crippen molar-refractivity contribution in [3.8, 4) is 0 Å². The van der Waals surface area contributed by atoms with Gasteiger partial charge in [0.2, 0.25) is 0 Å². The van der Waals surface area contributed by atoms with Gasteiger partial charge < -0.3 is 8.54 Å². The highest BCUT2D eigenvalue weighted by molar-refractivity contribution is 6.69. The second-order valence-corrected chi connectivity index (χ2v) is 12.4. The van der Waals surface area contributed by atoms with E-state index >= 15 is 0 Å². The normalized spacial score (nSPS) is 12.1. The molecule has 0 radical (unpaired) electrons. The largest absolute Gasteiger partial charge is 0.442 e. The van der Waals surface area contributed by atoms with Crippen molar-refractivity contribution in [3.63, 3.8) is 0 Å². The zero-order valence-corrected chi connectivity index (χ0v) is 18.6. The van der Waals surface area contributed by atoms with Crippen LogP contribution in [0.1, 0.15) is 22.6 Å². The lowest BCUT2D eigenvalue weighted by molar-refractivity contribution is 0.240. The fourth-order valence-electron chi connectivity index (χ4n) is 3.19. The van der Waals surface area contributed by atoms with Gasteiger partial charge in [0.25, 0.3) is 0 Å². The van der Waals surface area contributed by atoms with Crippen LogP contribution in [0, 0.1) is 0 Å². The topological polar surface area (TPSA) is 18.5 Å². The molecular weight excluding hydrogens is 364 g/mol. The summed E-state index contributed by atoms with van der Waals surface area (Å²) in [5.74, 6) is 0.401. The van der Waals surface area contributed by atoms with Crippen molar-refractivity contribution in [1.82, 2.24) is 0 Å². The smallest absolute Gasteiger partial charge is 0.321 e. The molecule has 3 aromatic rings. The fraction of sp³-hybridized carbons (Fsp3) is 0.217. The van der Waals surface area contributed by atoms with Crippen molar-refractivity contribution in [2.45, 2.75) is 31.7 Å². The quantitative estimate of drug-likeness (QED) is 0.463. The molecule has 27 heavy (non-hydrogen) atoms. The Morgan fingerprint density at radius 3 is 1.74 bits per heavy atom. The zero-order chi connectivity index (χ0) is 19.0. The molecule has 0 aliphatic carbocycles. The minimum atomic E-state index is -2.09. The van der Waals surface area contributed by atoms with Crippen LogP contribution in [0.25, 0.3) is 0 Å². The first-order valence-electron chi connectivity index (χ1n) is 9.56. The van der Waals surface area contributed by atoms with Crippen molar-refractivity contribution in [2.24, 2.45) is 0 Å². The summed E-state index contributed by atoms with van der Waals surface area (Å²) in [5, 5.41) is 0. The molecule has 0 saturated heterocycles. The minimum absolute atomic E-state index is 0.401. The Morgan fingerprint density at radius 2 is 1.22 bits per heavy atom. The van der Waals surface area contributed by atoms with Gasteiger partial charge in [-0.25, -0.2) is 0 Å². The molecule has 0 fully saturated rings. The third kappa shape index (κ3) is 6.29. The maximum absolute atomic E-state index is 6.38. The summed E-state index contributed by atoms with van der Waals surface area (Å²) < 4.78 is 12.5. The second-order valence-electron chi connectivity index (χ2n) is 7.19. The fourth-order valence-corrected chi connectivity index (χ4v) is 7.38. The summed E-state index contributed by atoms with van der Waals surface area (Å²) in [6, 6.07) is 32.9. The van der Waals surface area contributed by atoms with Gasteiger partial charge in [0, 0.05) is 5.92 Å². The lowest BCUT2D eigenvalue weighted by atomic mass is 9.93. The van der Waals surface area contributed by atoms with Gasteiger partial charge in [-0.3, -0.25) is 0 Å². The van der Waals surface area contributed by atoms with Gasteiger partial charge in [0.05, 0.1) is 6.61 Å². The monoisotopic (exact) mass is 392 g/mol. The van der Waals surface area contributed by atoms with E-state index < -0.39 is 18.3 Å². The zero-order valence-electron chi connectivity index (χ0n) is 16.2. The van der Waals surface area contributed by atoms with E-state index in [-0.39, 0.29) is 0 Å². The van der Waals surface area contributed by atoms with Crippen LogP contribution in [0.4, 0.5) is 0 Å². The van der Waals surface area contributed by atoms with Crippen LogP contribution in [0.15, 0.2) is 91.0 Å². The lowest BCUT2D eigenvalue weighted by Crippen LogP contribution is -2.36. The van der Waals surface area contributed by atoms with Crippen molar-refractivity contribution in [2.75, 3.05) is 0 Å². The Hall–Kier alpha value is -1.99. The van der Waals surface area contributed by atoms with Gasteiger partial charge in [-0.1, -0.05) is 91.0 Å². The van der Waals surface area contributed by atoms with Crippen LogP contribution in [0.5, 0.6) is 0 Å². The summed E-state index contributed by atoms with van der Waals surface area (Å²) in [4.78, 5) is 0. The molecule has 0 N–H and O–H groups in total. The molecule has 2 nitrogen and oxygen atoms in total. The maximum atomic E-state index is 6.38. The van der Waals surface area contributed by atoms with E-state index in [0.29, 0.717) is 12.5 Å². The molecule has 0 unspecified atom stereocenters. The highest BCUT2D eigenvalue weighted by Crippen LogP contribution is 2.28. The SMILES string of the molecule is C[Si](C)(OCc1ccccc1)O[SiH2]CC(c1ccccc1)c1ccccc1. The molecular formula is C23H28O2Si2. The molecule has 3 aromatic carbocycles. The van der Waals surface area contributed by atoms with Crippen molar-refractivity contribution >= 4 is 18.3 Å². The van der Waals surface area contributed by atoms with E-state index in [4.69, 9.17) is 8.54 Å². The maximum Gasteiger partial charge on any atom is 0.321 e. The van der Waals surface area contributed by atoms with Crippen LogP contribution < -0.4 is 0 Å². The first-order chi connectivity index (χ1) is 13.1. The van der Waals surface area contributed by atoms with Gasteiger partial charge in [-0.15, -0.1) is 0 Å². The predicted octanol–water partition coefficient (Wildman–Crippen LogP) is 5.26. The molecule has 0 saturated carbocycles. The molecule has 140 valence electrons. The Kier molecular flexibility index (Phi) is 7.18. The van der Waals surface area contributed by atoms with E-state index in [9.17, 15) is 0 Å². The van der Waals surface area contributed by atoms with Gasteiger partial charge in [0.1, 0.15) is 9.76 Å². The standard InChI is InChI=1S/C23H28O2Si2/c1-27(2,24-18-20-12-6-3-7-13-20)25-26-19-23(21-14-8-4-9-15-21)22-16-10-5-11-17-22/h3-17,23H,18-19,26H2,1-2H3. The first kappa shape index (κ1) is 19.8. The average Bonchev–Trinajstić information content (AvgIpc) is 2.72. The second kappa shape index (κ2) is 9.81. The summed E-state index contributed by atoms with van der Waals surface area (Å²) in [6.45, 7) is 4.95. The Balaban J connectivity index is 1.58. The van der Waals surface area contributed by atoms with Gasteiger partial charge in [-0.2, -0.15) is 0 Å². The minimum Gasteiger partial charge on any atom is -0.442 e. The average molecular weight is 393 g/mol. The van der Waals surface area contributed by atoms with Gasteiger partial charge in [0.15, 0.2) is 0 Å². The lowest BCUT2D eigenvalue weighted by Gasteiger charge is -2.25. The summed E-state index contributed by atoms with van der Waals surface area (Å²) in [5.41, 5.74) is 3.93. The molecule has 0 amide bonds. The van der Waals surface area contributed by atoms with Crippen molar-refractivity contribution in [1.29, 1.82) is 0 Å². The Bertz CT molecular complexity index is 753. The van der Waals surface area contributed by atoms with Gasteiger partial charge in [-0.05, 0) is 35.8 Å². The highest BCUT2D eigenvalue weighted by Gasteiger charge is 2.25. The predicted molar refractivity (Wildman–Crippen MR) is 118 cm³/mol. The van der Waals surface area contributed by atoms with Crippen molar-refractivity contribution in [3.05, 3.63) is 108 Å². The summed E-state index contributed by atoms with van der Waals surface area (Å²) in [7, 11) is -2.78. The van der Waals surface area contributed by atoms with Crippen LogP contribution in [-0.2, 0) is 15.1 Å². The summed E-state index contributed by atoms with van der Waals surface area (Å²) in [6.07, 6.45) is 0. The number of hydrogen-bond acceptors (Lipinski definition) is 2. The molecule has 3 rings (SSSR count). The number of hydrogen-bond donors (Lipinski definition) is 0. The Morgan fingerprint density at radius 1 is 0.741 bits per heavy atom. The summed E-state index contributed by atoms with van der Waals surface area (Å²) >= 11 is 0. The van der Waals surface area contributed by atoms with Crippen LogP contribution in [0.3, 0.4) is 0 Å². The van der Waals surface area contributed by atoms with E-state index in [1.807, 2.05) is 18.2 Å². The van der Waals surface area contributed by atoms with Crippen molar-refractivity contribution < 1.29 is 8.54 Å². The highest BCUT2D eigenvalue weighted by atomic mass is 28.4. The number of benzene rings is 3. The molecule has 0 bridgehead atoms. The molecule has 0 heterocycles. The van der Waals surface area contributed by atoms with Gasteiger partial charge >= 0.3 is 8.56 Å². The molecule has 0 aromatic heterocycles. The van der Waals surface area contributed by atoms with E-state index in [1.165, 1.54) is 16.7 Å². The van der Waals surface area contributed by atoms with Crippen LogP contribution >= 0.6 is 0 Å². The van der Waals surface area contributed by atoms with E-state index in [2.05, 4.69) is 85.9 Å². The molecule has 0 aliphatic rings. The van der Waals surface area contributed by atoms with E-state index in [1.54, 1.807) is 0 Å². The molecule has 0 aliphatic heterocycles. The molecule has 0 spiro atoms. The molecule has 4 heteroatoms. The number of rotatable bonds is 9. The first-order valence-corrected chi connectivity index (χ1v) is 14.0.